The van der Waals surface area contributed by atoms with Crippen molar-refractivity contribution < 1.29 is 14.6 Å². The summed E-state index contributed by atoms with van der Waals surface area (Å²) in [6.45, 7) is 0.668. The van der Waals surface area contributed by atoms with E-state index in [1.165, 1.54) is 0 Å². The van der Waals surface area contributed by atoms with Gasteiger partial charge in [0.05, 0.1) is 18.6 Å². The van der Waals surface area contributed by atoms with Crippen LogP contribution in [0.4, 0.5) is 0 Å². The van der Waals surface area contributed by atoms with Crippen molar-refractivity contribution in [1.82, 2.24) is 0 Å². The van der Waals surface area contributed by atoms with E-state index in [9.17, 15) is 4.79 Å². The third kappa shape index (κ3) is 1.13. The fourth-order valence-corrected chi connectivity index (χ4v) is 2.11. The Hall–Kier alpha value is -0.570. The molecule has 2 aliphatic heterocycles. The van der Waals surface area contributed by atoms with Crippen LogP contribution in [-0.4, -0.2) is 23.8 Å². The molecule has 0 aromatic carbocycles. The van der Waals surface area contributed by atoms with E-state index in [1.807, 2.05) is 0 Å². The van der Waals surface area contributed by atoms with Gasteiger partial charge in [0.2, 0.25) is 0 Å². The summed E-state index contributed by atoms with van der Waals surface area (Å²) in [4.78, 5) is 10.7. The lowest BCUT2D eigenvalue weighted by Gasteiger charge is -2.40. The van der Waals surface area contributed by atoms with Crippen molar-refractivity contribution >= 4 is 5.97 Å². The molecule has 0 spiro atoms. The first-order chi connectivity index (χ1) is 5.27. The molecule has 0 unspecified atom stereocenters. The van der Waals surface area contributed by atoms with Gasteiger partial charge in [-0.1, -0.05) is 0 Å². The molecule has 3 aliphatic rings. The molecule has 0 aromatic heterocycles. The maximum Gasteiger partial charge on any atom is 0.306 e. The van der Waals surface area contributed by atoms with Gasteiger partial charge in [0, 0.05) is 0 Å². The van der Waals surface area contributed by atoms with E-state index >= 15 is 0 Å². The first-order valence-electron chi connectivity index (χ1n) is 4.12. The highest BCUT2D eigenvalue weighted by Crippen LogP contribution is 2.37. The number of rotatable bonds is 1. The van der Waals surface area contributed by atoms with E-state index in [0.29, 0.717) is 6.61 Å². The summed E-state index contributed by atoms with van der Waals surface area (Å²) in [6, 6.07) is 0. The van der Waals surface area contributed by atoms with Gasteiger partial charge in [-0.2, -0.15) is 0 Å². The summed E-state index contributed by atoms with van der Waals surface area (Å²) in [5, 5.41) is 8.80. The Balaban J connectivity index is 2.08. The lowest BCUT2D eigenvalue weighted by molar-refractivity contribution is -0.158. The van der Waals surface area contributed by atoms with Gasteiger partial charge in [-0.15, -0.1) is 0 Å². The highest BCUT2D eigenvalue weighted by atomic mass is 16.5. The van der Waals surface area contributed by atoms with Gasteiger partial charge in [0.15, 0.2) is 0 Å². The number of fused-ring (bicyclic) bond motifs is 3. The van der Waals surface area contributed by atoms with Crippen LogP contribution in [0.5, 0.6) is 0 Å². The van der Waals surface area contributed by atoms with Gasteiger partial charge in [-0.05, 0) is 25.2 Å². The van der Waals surface area contributed by atoms with Crippen molar-refractivity contribution in [1.29, 1.82) is 0 Å². The van der Waals surface area contributed by atoms with Crippen LogP contribution in [0.3, 0.4) is 0 Å². The highest BCUT2D eigenvalue weighted by Gasteiger charge is 2.40. The average Bonchev–Trinajstić information content (AvgIpc) is 2.06. The van der Waals surface area contributed by atoms with Crippen molar-refractivity contribution in [2.24, 2.45) is 11.8 Å². The quantitative estimate of drug-likeness (QED) is 0.613. The minimum absolute atomic E-state index is 0.123. The summed E-state index contributed by atoms with van der Waals surface area (Å²) in [5.74, 6) is -0.469. The Kier molecular flexibility index (Phi) is 1.60. The monoisotopic (exact) mass is 156 g/mol. The lowest BCUT2D eigenvalue weighted by atomic mass is 9.76. The molecule has 3 fully saturated rings. The summed E-state index contributed by atoms with van der Waals surface area (Å²) >= 11 is 0. The topological polar surface area (TPSA) is 46.5 Å². The standard InChI is InChI=1S/C8H12O3/c9-8(10)7-3-6-2-1-5(7)4-11-6/h5-7H,1-4H2,(H,9,10)/t5-,6-,7+/m1/s1. The second-order valence-electron chi connectivity index (χ2n) is 3.47. The number of carboxylic acids is 1. The van der Waals surface area contributed by atoms with Crippen molar-refractivity contribution in [2.75, 3.05) is 6.61 Å². The van der Waals surface area contributed by atoms with Gasteiger partial charge in [0.25, 0.3) is 0 Å². The molecule has 3 nitrogen and oxygen atoms in total. The lowest BCUT2D eigenvalue weighted by Crippen LogP contribution is -2.42. The summed E-state index contributed by atoms with van der Waals surface area (Å²) < 4.78 is 5.39. The Morgan fingerprint density at radius 3 is 2.55 bits per heavy atom. The van der Waals surface area contributed by atoms with E-state index in [0.717, 1.165) is 19.3 Å². The number of aliphatic carboxylic acids is 1. The van der Waals surface area contributed by atoms with Gasteiger partial charge >= 0.3 is 5.97 Å². The number of carboxylic acid groups (broad SMARTS) is 1. The number of carbonyl (C=O) groups is 1. The summed E-state index contributed by atoms with van der Waals surface area (Å²) in [5.41, 5.74) is 0. The zero-order valence-corrected chi connectivity index (χ0v) is 6.32. The Bertz CT molecular complexity index is 170. The van der Waals surface area contributed by atoms with E-state index < -0.39 is 5.97 Å². The molecule has 1 N–H and O–H groups in total. The third-order valence-electron chi connectivity index (χ3n) is 2.81. The molecule has 0 radical (unpaired) electrons. The maximum atomic E-state index is 10.7. The second-order valence-corrected chi connectivity index (χ2v) is 3.47. The largest absolute Gasteiger partial charge is 0.481 e. The highest BCUT2D eigenvalue weighted by molar-refractivity contribution is 5.70. The minimum Gasteiger partial charge on any atom is -0.481 e. The van der Waals surface area contributed by atoms with Crippen LogP contribution in [0.25, 0.3) is 0 Å². The SMILES string of the molecule is O=C(O)[C@H]1C[C@H]2CC[C@@H]1CO2. The van der Waals surface area contributed by atoms with Crippen molar-refractivity contribution in [3.05, 3.63) is 0 Å². The fraction of sp³-hybridized carbons (Fsp3) is 0.875. The number of hydrogen-bond donors (Lipinski definition) is 1. The zero-order chi connectivity index (χ0) is 7.84. The van der Waals surface area contributed by atoms with Gasteiger partial charge in [0.1, 0.15) is 0 Å². The van der Waals surface area contributed by atoms with Crippen LogP contribution >= 0.6 is 0 Å². The minimum atomic E-state index is -0.636. The molecule has 3 heteroatoms. The fourth-order valence-electron chi connectivity index (χ4n) is 2.11. The van der Waals surface area contributed by atoms with Crippen LogP contribution in [0.15, 0.2) is 0 Å². The van der Waals surface area contributed by atoms with Crippen LogP contribution in [0, 0.1) is 11.8 Å². The first-order valence-corrected chi connectivity index (χ1v) is 4.12. The molecule has 2 heterocycles. The van der Waals surface area contributed by atoms with Crippen LogP contribution in [0.2, 0.25) is 0 Å². The molecular formula is C8H12O3. The van der Waals surface area contributed by atoms with Gasteiger partial charge < -0.3 is 9.84 Å². The molecule has 0 aromatic rings. The number of ether oxygens (including phenoxy) is 1. The predicted octanol–water partition coefficient (Wildman–Crippen LogP) is 0.886. The smallest absolute Gasteiger partial charge is 0.306 e. The van der Waals surface area contributed by atoms with Crippen molar-refractivity contribution in [3.8, 4) is 0 Å². The molecular weight excluding hydrogens is 144 g/mol. The third-order valence-corrected chi connectivity index (χ3v) is 2.81. The molecule has 3 rings (SSSR count). The van der Waals surface area contributed by atoms with Gasteiger partial charge in [-0.25, -0.2) is 0 Å². The Morgan fingerprint density at radius 2 is 2.27 bits per heavy atom. The molecule has 11 heavy (non-hydrogen) atoms. The van der Waals surface area contributed by atoms with E-state index in [-0.39, 0.29) is 17.9 Å². The molecule has 2 bridgehead atoms. The second kappa shape index (κ2) is 2.48. The molecule has 0 amide bonds. The normalized spacial score (nSPS) is 42.4. The summed E-state index contributed by atoms with van der Waals surface area (Å²) in [7, 11) is 0. The van der Waals surface area contributed by atoms with Crippen molar-refractivity contribution in [2.45, 2.75) is 25.4 Å². The van der Waals surface area contributed by atoms with E-state index in [2.05, 4.69) is 0 Å². The van der Waals surface area contributed by atoms with Crippen LogP contribution < -0.4 is 0 Å². The van der Waals surface area contributed by atoms with Crippen LogP contribution in [-0.2, 0) is 9.53 Å². The number of hydrogen-bond acceptors (Lipinski definition) is 2. The van der Waals surface area contributed by atoms with E-state index in [1.54, 1.807) is 0 Å². The Morgan fingerprint density at radius 1 is 1.45 bits per heavy atom. The maximum absolute atomic E-state index is 10.7. The van der Waals surface area contributed by atoms with E-state index in [4.69, 9.17) is 9.84 Å². The first kappa shape index (κ1) is 7.10. The molecule has 1 saturated carbocycles. The molecule has 2 saturated heterocycles. The molecule has 3 atom stereocenters. The molecule has 1 aliphatic carbocycles. The average molecular weight is 156 g/mol. The van der Waals surface area contributed by atoms with Gasteiger partial charge in [-0.3, -0.25) is 4.79 Å². The summed E-state index contributed by atoms with van der Waals surface area (Å²) in [6.07, 6.45) is 3.08. The zero-order valence-electron chi connectivity index (χ0n) is 6.32. The molecule has 62 valence electrons. The predicted molar refractivity (Wildman–Crippen MR) is 38.2 cm³/mol. The van der Waals surface area contributed by atoms with Crippen LogP contribution in [0.1, 0.15) is 19.3 Å². The Labute approximate surface area is 65.4 Å². The van der Waals surface area contributed by atoms with Crippen molar-refractivity contribution in [3.63, 3.8) is 0 Å².